The largest absolute Gasteiger partial charge is 0.480 e. The van der Waals surface area contributed by atoms with Crippen molar-refractivity contribution in [1.29, 1.82) is 0 Å². The van der Waals surface area contributed by atoms with Crippen molar-refractivity contribution in [1.82, 2.24) is 15.1 Å². The number of amides is 1. The zero-order chi connectivity index (χ0) is 15.3. The van der Waals surface area contributed by atoms with Crippen molar-refractivity contribution in [2.24, 2.45) is 0 Å². The summed E-state index contributed by atoms with van der Waals surface area (Å²) in [5, 5.41) is 15.6. The van der Waals surface area contributed by atoms with Crippen molar-refractivity contribution in [2.75, 3.05) is 0 Å². The lowest BCUT2D eigenvalue weighted by Crippen LogP contribution is -2.52. The third-order valence-electron chi connectivity index (χ3n) is 3.01. The number of nitrogens with one attached hydrogen (secondary N) is 1. The minimum absolute atomic E-state index is 0.0232. The molecule has 1 amide bonds. The Morgan fingerprint density at radius 1 is 1.40 bits per heavy atom. The van der Waals surface area contributed by atoms with Gasteiger partial charge in [0.15, 0.2) is 0 Å². The van der Waals surface area contributed by atoms with Gasteiger partial charge in [0.25, 0.3) is 11.5 Å². The summed E-state index contributed by atoms with van der Waals surface area (Å²) in [6.07, 6.45) is 0.923. The van der Waals surface area contributed by atoms with Crippen LogP contribution in [0.2, 0.25) is 0 Å². The molecule has 1 heterocycles. The molecule has 1 rings (SSSR count). The average Bonchev–Trinajstić information content (AvgIpc) is 2.39. The smallest absolute Gasteiger partial charge is 0.329 e. The summed E-state index contributed by atoms with van der Waals surface area (Å²) in [6, 6.07) is 2.53. The van der Waals surface area contributed by atoms with Gasteiger partial charge in [-0.05, 0) is 26.3 Å². The molecule has 0 bridgehead atoms. The van der Waals surface area contributed by atoms with E-state index in [0.29, 0.717) is 19.4 Å². The van der Waals surface area contributed by atoms with Crippen LogP contribution >= 0.6 is 0 Å². The van der Waals surface area contributed by atoms with Gasteiger partial charge >= 0.3 is 5.97 Å². The highest BCUT2D eigenvalue weighted by atomic mass is 16.4. The number of carbonyl (C=O) groups is 2. The molecule has 0 aliphatic rings. The number of aryl methyl sites for hydroxylation is 1. The highest BCUT2D eigenvalue weighted by Crippen LogP contribution is 2.13. The van der Waals surface area contributed by atoms with Gasteiger partial charge in [0.2, 0.25) is 0 Å². The molecule has 0 unspecified atom stereocenters. The Balaban J connectivity index is 3.01. The van der Waals surface area contributed by atoms with E-state index in [1.807, 2.05) is 6.92 Å². The summed E-state index contributed by atoms with van der Waals surface area (Å²) in [6.45, 7) is 5.36. The molecule has 20 heavy (non-hydrogen) atoms. The first-order valence-corrected chi connectivity index (χ1v) is 6.48. The molecule has 1 atom stereocenters. The molecule has 110 valence electrons. The maximum Gasteiger partial charge on any atom is 0.329 e. The highest BCUT2D eigenvalue weighted by Gasteiger charge is 2.34. The Kier molecular flexibility index (Phi) is 5.01. The summed E-state index contributed by atoms with van der Waals surface area (Å²) < 4.78 is 1.15. The fourth-order valence-electron chi connectivity index (χ4n) is 1.83. The van der Waals surface area contributed by atoms with Gasteiger partial charge in [-0.1, -0.05) is 13.3 Å². The number of rotatable bonds is 6. The van der Waals surface area contributed by atoms with Gasteiger partial charge in [-0.25, -0.2) is 9.48 Å². The Morgan fingerprint density at radius 2 is 2.05 bits per heavy atom. The van der Waals surface area contributed by atoms with Crippen LogP contribution in [0.4, 0.5) is 0 Å². The van der Waals surface area contributed by atoms with Gasteiger partial charge in [-0.2, -0.15) is 5.10 Å². The summed E-state index contributed by atoms with van der Waals surface area (Å²) >= 11 is 0. The van der Waals surface area contributed by atoms with E-state index in [0.717, 1.165) is 4.68 Å². The summed E-state index contributed by atoms with van der Waals surface area (Å²) in [5.74, 6) is -1.71. The molecule has 0 saturated carbocycles. The molecule has 0 radical (unpaired) electrons. The number of hydrogen-bond acceptors (Lipinski definition) is 4. The van der Waals surface area contributed by atoms with Gasteiger partial charge < -0.3 is 10.4 Å². The van der Waals surface area contributed by atoms with Crippen LogP contribution in [-0.2, 0) is 11.3 Å². The van der Waals surface area contributed by atoms with Crippen molar-refractivity contribution in [3.05, 3.63) is 28.2 Å². The number of carboxylic acids is 1. The minimum atomic E-state index is -1.35. The van der Waals surface area contributed by atoms with Crippen LogP contribution in [-0.4, -0.2) is 32.3 Å². The van der Waals surface area contributed by atoms with Crippen LogP contribution in [0.15, 0.2) is 16.9 Å². The molecule has 0 aliphatic heterocycles. The third kappa shape index (κ3) is 3.43. The number of aromatic nitrogens is 2. The summed E-state index contributed by atoms with van der Waals surface area (Å²) in [5.41, 5.74) is -1.63. The Hall–Kier alpha value is -2.18. The van der Waals surface area contributed by atoms with E-state index >= 15 is 0 Å². The van der Waals surface area contributed by atoms with Crippen molar-refractivity contribution < 1.29 is 14.7 Å². The quantitative estimate of drug-likeness (QED) is 0.796. The first-order chi connectivity index (χ1) is 9.34. The van der Waals surface area contributed by atoms with Crippen LogP contribution in [0.1, 0.15) is 44.1 Å². The molecule has 0 saturated heterocycles. The summed E-state index contributed by atoms with van der Waals surface area (Å²) in [4.78, 5) is 34.7. The second-order valence-corrected chi connectivity index (χ2v) is 4.71. The summed E-state index contributed by atoms with van der Waals surface area (Å²) in [7, 11) is 0. The fourth-order valence-corrected chi connectivity index (χ4v) is 1.83. The monoisotopic (exact) mass is 281 g/mol. The van der Waals surface area contributed by atoms with Crippen LogP contribution in [0.3, 0.4) is 0 Å². The maximum absolute atomic E-state index is 12.1. The molecule has 0 aliphatic carbocycles. The molecule has 7 nitrogen and oxygen atoms in total. The van der Waals surface area contributed by atoms with Crippen LogP contribution in [0, 0.1) is 0 Å². The maximum atomic E-state index is 12.1. The van der Waals surface area contributed by atoms with Crippen LogP contribution < -0.4 is 10.9 Å². The van der Waals surface area contributed by atoms with Gasteiger partial charge in [0, 0.05) is 12.6 Å². The Labute approximate surface area is 116 Å². The normalized spacial score (nSPS) is 13.6. The van der Waals surface area contributed by atoms with Crippen molar-refractivity contribution in [3.63, 3.8) is 0 Å². The first kappa shape index (κ1) is 15.9. The Morgan fingerprint density at radius 3 is 2.55 bits per heavy atom. The minimum Gasteiger partial charge on any atom is -0.480 e. The van der Waals surface area contributed by atoms with E-state index in [-0.39, 0.29) is 11.3 Å². The third-order valence-corrected chi connectivity index (χ3v) is 3.01. The number of aliphatic carboxylic acids is 1. The molecular formula is C13H19N3O4. The predicted molar refractivity (Wildman–Crippen MR) is 72.6 cm³/mol. The number of nitrogens with zero attached hydrogens (tertiary/aromatic N) is 2. The molecule has 1 aromatic rings. The lowest BCUT2D eigenvalue weighted by Gasteiger charge is -2.25. The second kappa shape index (κ2) is 6.31. The van der Waals surface area contributed by atoms with Gasteiger partial charge in [0.1, 0.15) is 11.2 Å². The van der Waals surface area contributed by atoms with E-state index in [4.69, 9.17) is 0 Å². The zero-order valence-electron chi connectivity index (χ0n) is 11.8. The van der Waals surface area contributed by atoms with Gasteiger partial charge in [-0.15, -0.1) is 0 Å². The van der Waals surface area contributed by atoms with Crippen LogP contribution in [0.25, 0.3) is 0 Å². The highest BCUT2D eigenvalue weighted by molar-refractivity contribution is 5.96. The first-order valence-electron chi connectivity index (χ1n) is 6.48. The van der Waals surface area contributed by atoms with Crippen molar-refractivity contribution in [3.8, 4) is 0 Å². The van der Waals surface area contributed by atoms with E-state index in [9.17, 15) is 19.5 Å². The molecule has 2 N–H and O–H groups in total. The number of hydrogen-bond donors (Lipinski definition) is 2. The van der Waals surface area contributed by atoms with E-state index in [2.05, 4.69) is 10.4 Å². The molecule has 0 fully saturated rings. The Bertz CT molecular complexity index is 567. The number of carbonyl (C=O) groups excluding carboxylic acids is 1. The SMILES string of the molecule is CCC[C@](C)(NC(=O)c1ccc(=O)n(CC)n1)C(=O)O. The second-order valence-electron chi connectivity index (χ2n) is 4.71. The zero-order valence-corrected chi connectivity index (χ0v) is 11.8. The lowest BCUT2D eigenvalue weighted by atomic mass is 9.96. The van der Waals surface area contributed by atoms with Gasteiger partial charge in [0.05, 0.1) is 0 Å². The molecular weight excluding hydrogens is 262 g/mol. The van der Waals surface area contributed by atoms with E-state index < -0.39 is 17.4 Å². The topological polar surface area (TPSA) is 101 Å². The molecule has 0 aromatic carbocycles. The average molecular weight is 281 g/mol. The van der Waals surface area contributed by atoms with E-state index in [1.165, 1.54) is 19.1 Å². The number of carboxylic acid groups (broad SMARTS) is 1. The van der Waals surface area contributed by atoms with Crippen molar-refractivity contribution >= 4 is 11.9 Å². The van der Waals surface area contributed by atoms with Crippen LogP contribution in [0.5, 0.6) is 0 Å². The lowest BCUT2D eigenvalue weighted by molar-refractivity contribution is -0.144. The molecule has 7 heteroatoms. The predicted octanol–water partition coefficient (Wildman–Crippen LogP) is 0.636. The molecule has 0 spiro atoms. The molecule has 1 aromatic heterocycles. The van der Waals surface area contributed by atoms with Crippen molar-refractivity contribution in [2.45, 2.75) is 45.7 Å². The standard InChI is InChI=1S/C13H19N3O4/c1-4-8-13(3,12(19)20)14-11(18)9-6-7-10(17)16(5-2)15-9/h6-7H,4-5,8H2,1-3H3,(H,14,18)(H,19,20)/t13-/m0/s1. The van der Waals surface area contributed by atoms with E-state index in [1.54, 1.807) is 6.92 Å². The van der Waals surface area contributed by atoms with Gasteiger partial charge in [-0.3, -0.25) is 9.59 Å². The fraction of sp³-hybridized carbons (Fsp3) is 0.538.